The molecule has 0 aliphatic rings. The van der Waals surface area contributed by atoms with Gasteiger partial charge in [0.15, 0.2) is 0 Å². The molecule has 0 aliphatic carbocycles. The van der Waals surface area contributed by atoms with Crippen molar-refractivity contribution in [1.82, 2.24) is 4.98 Å². The van der Waals surface area contributed by atoms with Gasteiger partial charge in [-0.1, -0.05) is 26.7 Å². The van der Waals surface area contributed by atoms with Crippen molar-refractivity contribution in [2.45, 2.75) is 45.4 Å². The number of pyridine rings is 1. The molecule has 1 rings (SSSR count). The summed E-state index contributed by atoms with van der Waals surface area (Å²) in [6.45, 7) is 4.31. The van der Waals surface area contributed by atoms with Crippen LogP contribution in [0, 0.1) is 0 Å². The van der Waals surface area contributed by atoms with E-state index < -0.39 is 5.97 Å². The molecule has 0 spiro atoms. The minimum atomic E-state index is -0.952. The number of aromatic carboxylic acids is 1. The zero-order valence-corrected chi connectivity index (χ0v) is 9.94. The highest BCUT2D eigenvalue weighted by Gasteiger charge is 2.12. The van der Waals surface area contributed by atoms with Gasteiger partial charge in [0.25, 0.3) is 0 Å². The Kier molecular flexibility index (Phi) is 4.96. The number of carbonyl (C=O) groups is 1. The Morgan fingerprint density at radius 2 is 2.25 bits per heavy atom. The number of hydrogen-bond donors (Lipinski definition) is 1. The van der Waals surface area contributed by atoms with Gasteiger partial charge in [-0.05, 0) is 36.5 Å². The summed E-state index contributed by atoms with van der Waals surface area (Å²) in [5.74, 6) is -0.492. The number of carboxylic acids is 1. The van der Waals surface area contributed by atoms with Gasteiger partial charge in [-0.3, -0.25) is 0 Å². The van der Waals surface area contributed by atoms with Crippen molar-refractivity contribution >= 4 is 5.97 Å². The van der Waals surface area contributed by atoms with Gasteiger partial charge < -0.3 is 5.11 Å². The van der Waals surface area contributed by atoms with E-state index in [1.165, 1.54) is 12.8 Å². The normalized spacial score (nSPS) is 12.4. The van der Waals surface area contributed by atoms with E-state index in [1.54, 1.807) is 12.3 Å². The van der Waals surface area contributed by atoms with Crippen LogP contribution in [0.25, 0.3) is 0 Å². The third kappa shape index (κ3) is 3.33. The molecular weight excluding hydrogens is 202 g/mol. The first-order valence-corrected chi connectivity index (χ1v) is 5.88. The topological polar surface area (TPSA) is 50.2 Å². The van der Waals surface area contributed by atoms with Crippen molar-refractivity contribution in [2.24, 2.45) is 0 Å². The second-order valence-electron chi connectivity index (χ2n) is 4.03. The van der Waals surface area contributed by atoms with Gasteiger partial charge in [0.1, 0.15) is 5.69 Å². The third-order valence-electron chi connectivity index (χ3n) is 2.87. The Bertz CT molecular complexity index is 350. The van der Waals surface area contributed by atoms with E-state index in [0.29, 0.717) is 5.92 Å². The van der Waals surface area contributed by atoms with E-state index in [-0.39, 0.29) is 5.69 Å². The molecule has 88 valence electrons. The summed E-state index contributed by atoms with van der Waals surface area (Å²) in [5, 5.41) is 8.88. The van der Waals surface area contributed by atoms with Crippen LogP contribution in [-0.4, -0.2) is 16.1 Å². The molecular formula is C13H19NO2. The predicted molar refractivity (Wildman–Crippen MR) is 63.8 cm³/mol. The monoisotopic (exact) mass is 221 g/mol. The van der Waals surface area contributed by atoms with Gasteiger partial charge in [-0.15, -0.1) is 0 Å². The van der Waals surface area contributed by atoms with E-state index in [2.05, 4.69) is 18.8 Å². The Morgan fingerprint density at radius 3 is 2.81 bits per heavy atom. The van der Waals surface area contributed by atoms with E-state index >= 15 is 0 Å². The van der Waals surface area contributed by atoms with Crippen molar-refractivity contribution in [2.75, 3.05) is 0 Å². The molecule has 0 aliphatic heterocycles. The van der Waals surface area contributed by atoms with Crippen molar-refractivity contribution < 1.29 is 9.90 Å². The molecule has 0 amide bonds. The lowest BCUT2D eigenvalue weighted by Gasteiger charge is -2.14. The molecule has 1 atom stereocenters. The number of hydrogen-bond acceptors (Lipinski definition) is 2. The maximum atomic E-state index is 10.8. The SMILES string of the molecule is CCCCC(CC)c1ccnc(C(=O)O)c1. The quantitative estimate of drug-likeness (QED) is 0.800. The molecule has 0 radical (unpaired) electrons. The second kappa shape index (κ2) is 6.26. The van der Waals surface area contributed by atoms with Crippen LogP contribution >= 0.6 is 0 Å². The fraction of sp³-hybridized carbons (Fsp3) is 0.538. The average Bonchev–Trinajstić information content (AvgIpc) is 2.30. The molecule has 0 saturated carbocycles. The molecule has 1 heterocycles. The van der Waals surface area contributed by atoms with Crippen LogP contribution in [0.4, 0.5) is 0 Å². The van der Waals surface area contributed by atoms with Gasteiger partial charge in [0, 0.05) is 6.20 Å². The summed E-state index contributed by atoms with van der Waals surface area (Å²) in [7, 11) is 0. The summed E-state index contributed by atoms with van der Waals surface area (Å²) in [6.07, 6.45) is 6.11. The Morgan fingerprint density at radius 1 is 1.50 bits per heavy atom. The van der Waals surface area contributed by atoms with Crippen molar-refractivity contribution in [3.63, 3.8) is 0 Å². The van der Waals surface area contributed by atoms with Crippen LogP contribution in [-0.2, 0) is 0 Å². The summed E-state index contributed by atoms with van der Waals surface area (Å²) >= 11 is 0. The fourth-order valence-corrected chi connectivity index (χ4v) is 1.87. The molecule has 3 nitrogen and oxygen atoms in total. The minimum absolute atomic E-state index is 0.146. The van der Waals surface area contributed by atoms with Crippen LogP contribution in [0.3, 0.4) is 0 Å². The third-order valence-corrected chi connectivity index (χ3v) is 2.87. The Labute approximate surface area is 96.5 Å². The Balaban J connectivity index is 2.83. The summed E-state index contributed by atoms with van der Waals surface area (Å²) < 4.78 is 0. The molecule has 0 aromatic carbocycles. The highest BCUT2D eigenvalue weighted by Crippen LogP contribution is 2.25. The van der Waals surface area contributed by atoms with E-state index in [4.69, 9.17) is 5.11 Å². The van der Waals surface area contributed by atoms with Gasteiger partial charge in [0.2, 0.25) is 0 Å². The molecule has 1 unspecified atom stereocenters. The molecule has 16 heavy (non-hydrogen) atoms. The molecule has 1 aromatic rings. The van der Waals surface area contributed by atoms with E-state index in [1.807, 2.05) is 6.07 Å². The molecule has 0 bridgehead atoms. The molecule has 0 saturated heterocycles. The van der Waals surface area contributed by atoms with Crippen LogP contribution in [0.15, 0.2) is 18.3 Å². The van der Waals surface area contributed by atoms with Crippen LogP contribution < -0.4 is 0 Å². The zero-order valence-electron chi connectivity index (χ0n) is 9.94. The van der Waals surface area contributed by atoms with Crippen LogP contribution in [0.2, 0.25) is 0 Å². The van der Waals surface area contributed by atoms with Gasteiger partial charge in [-0.2, -0.15) is 0 Å². The highest BCUT2D eigenvalue weighted by atomic mass is 16.4. The molecule has 1 N–H and O–H groups in total. The maximum absolute atomic E-state index is 10.8. The van der Waals surface area contributed by atoms with E-state index in [9.17, 15) is 4.79 Å². The van der Waals surface area contributed by atoms with Crippen LogP contribution in [0.5, 0.6) is 0 Å². The number of aromatic nitrogens is 1. The summed E-state index contributed by atoms with van der Waals surface area (Å²) in [4.78, 5) is 14.7. The van der Waals surface area contributed by atoms with Gasteiger partial charge >= 0.3 is 5.97 Å². The Hall–Kier alpha value is -1.38. The highest BCUT2D eigenvalue weighted by molar-refractivity contribution is 5.85. The van der Waals surface area contributed by atoms with E-state index in [0.717, 1.165) is 18.4 Å². The largest absolute Gasteiger partial charge is 0.477 e. The second-order valence-corrected chi connectivity index (χ2v) is 4.03. The minimum Gasteiger partial charge on any atom is -0.477 e. The maximum Gasteiger partial charge on any atom is 0.354 e. The number of rotatable bonds is 6. The number of unbranched alkanes of at least 4 members (excludes halogenated alkanes) is 1. The van der Waals surface area contributed by atoms with Crippen molar-refractivity contribution in [3.8, 4) is 0 Å². The first-order valence-electron chi connectivity index (χ1n) is 5.88. The molecule has 3 heteroatoms. The standard InChI is InChI=1S/C13H19NO2/c1-3-5-6-10(4-2)11-7-8-14-12(9-11)13(15)16/h7-10H,3-6H2,1-2H3,(H,15,16). The number of carboxylic acid groups (broad SMARTS) is 1. The average molecular weight is 221 g/mol. The summed E-state index contributed by atoms with van der Waals surface area (Å²) in [5.41, 5.74) is 1.25. The fourth-order valence-electron chi connectivity index (χ4n) is 1.87. The summed E-state index contributed by atoms with van der Waals surface area (Å²) in [6, 6.07) is 3.63. The molecule has 0 fully saturated rings. The lowest BCUT2D eigenvalue weighted by Crippen LogP contribution is -2.04. The first kappa shape index (κ1) is 12.7. The van der Waals surface area contributed by atoms with Crippen molar-refractivity contribution in [1.29, 1.82) is 0 Å². The van der Waals surface area contributed by atoms with Crippen molar-refractivity contribution in [3.05, 3.63) is 29.6 Å². The number of nitrogens with zero attached hydrogens (tertiary/aromatic N) is 1. The first-order chi connectivity index (χ1) is 7.69. The predicted octanol–water partition coefficient (Wildman–Crippen LogP) is 3.46. The lowest BCUT2D eigenvalue weighted by molar-refractivity contribution is 0.0690. The molecule has 1 aromatic heterocycles. The van der Waals surface area contributed by atoms with Gasteiger partial charge in [0.05, 0.1) is 0 Å². The van der Waals surface area contributed by atoms with Gasteiger partial charge in [-0.25, -0.2) is 9.78 Å². The zero-order chi connectivity index (χ0) is 12.0. The van der Waals surface area contributed by atoms with Crippen LogP contribution in [0.1, 0.15) is 61.5 Å². The smallest absolute Gasteiger partial charge is 0.354 e. The lowest BCUT2D eigenvalue weighted by atomic mass is 9.91.